The molecule has 0 bridgehead atoms. The molecule has 0 atom stereocenters. The Balaban J connectivity index is 1.28. The molecule has 3 aromatic rings. The van der Waals surface area contributed by atoms with Crippen molar-refractivity contribution in [2.45, 2.75) is 11.8 Å². The molecule has 1 saturated heterocycles. The number of amides is 2. The molecule has 0 unspecified atom stereocenters. The highest BCUT2D eigenvalue weighted by molar-refractivity contribution is 8.00. The smallest absolute Gasteiger partial charge is 0.234 e. The number of rotatable bonds is 7. The quantitative estimate of drug-likeness (QED) is 0.502. The van der Waals surface area contributed by atoms with E-state index in [-0.39, 0.29) is 11.8 Å². The minimum atomic E-state index is -0.108. The monoisotopic (exact) mass is 468 g/mol. The molecule has 4 rings (SSSR count). The first kappa shape index (κ1) is 22.3. The van der Waals surface area contributed by atoms with Crippen molar-refractivity contribution in [1.29, 1.82) is 0 Å². The van der Waals surface area contributed by atoms with Gasteiger partial charge < -0.3 is 20.3 Å². The van der Waals surface area contributed by atoms with Crippen molar-refractivity contribution in [3.05, 3.63) is 53.9 Å². The molecule has 2 heterocycles. The van der Waals surface area contributed by atoms with Crippen molar-refractivity contribution in [1.82, 2.24) is 4.98 Å². The third-order valence-corrected chi connectivity index (χ3v) is 6.70. The van der Waals surface area contributed by atoms with Gasteiger partial charge in [0.05, 0.1) is 24.7 Å². The minimum absolute atomic E-state index is 0.0723. The Morgan fingerprint density at radius 3 is 2.38 bits per heavy atom. The number of morpholine rings is 1. The number of ether oxygens (including phenoxy) is 1. The van der Waals surface area contributed by atoms with Crippen LogP contribution in [0.1, 0.15) is 6.92 Å². The summed E-state index contributed by atoms with van der Waals surface area (Å²) in [6, 6.07) is 15.2. The van der Waals surface area contributed by atoms with Gasteiger partial charge in [-0.1, -0.05) is 12.1 Å². The van der Waals surface area contributed by atoms with E-state index in [1.165, 1.54) is 18.7 Å². The molecule has 2 N–H and O–H groups in total. The van der Waals surface area contributed by atoms with Crippen LogP contribution in [0.2, 0.25) is 0 Å². The van der Waals surface area contributed by atoms with Gasteiger partial charge in [0.1, 0.15) is 0 Å². The number of hydrogen-bond donors (Lipinski definition) is 2. The third kappa shape index (κ3) is 6.09. The lowest BCUT2D eigenvalue weighted by atomic mass is 10.1. The molecule has 7 nitrogen and oxygen atoms in total. The maximum atomic E-state index is 12.3. The van der Waals surface area contributed by atoms with E-state index in [0.29, 0.717) is 5.75 Å². The van der Waals surface area contributed by atoms with Crippen molar-refractivity contribution < 1.29 is 14.3 Å². The van der Waals surface area contributed by atoms with E-state index in [4.69, 9.17) is 9.72 Å². The summed E-state index contributed by atoms with van der Waals surface area (Å²) in [6.07, 6.45) is 0. The molecule has 9 heteroatoms. The van der Waals surface area contributed by atoms with Crippen LogP contribution in [0.3, 0.4) is 0 Å². The molecule has 0 aliphatic carbocycles. The maximum Gasteiger partial charge on any atom is 0.234 e. The van der Waals surface area contributed by atoms with Gasteiger partial charge in [-0.3, -0.25) is 9.59 Å². The summed E-state index contributed by atoms with van der Waals surface area (Å²) >= 11 is 3.08. The van der Waals surface area contributed by atoms with Gasteiger partial charge in [0.15, 0.2) is 5.13 Å². The molecule has 1 aliphatic rings. The fraction of sp³-hybridized carbons (Fsp3) is 0.261. The SMILES string of the molecule is CC(=O)Nc1ccc(SCC(=O)Nc2ccc(-c3csc(N4CCOCC4)n3)cc2)cc1. The molecule has 1 fully saturated rings. The Labute approximate surface area is 195 Å². The largest absolute Gasteiger partial charge is 0.378 e. The molecule has 1 aliphatic heterocycles. The van der Waals surface area contributed by atoms with Crippen LogP contribution in [0.25, 0.3) is 11.3 Å². The summed E-state index contributed by atoms with van der Waals surface area (Å²) in [4.78, 5) is 31.4. The van der Waals surface area contributed by atoms with E-state index in [9.17, 15) is 9.59 Å². The van der Waals surface area contributed by atoms with Gasteiger partial charge in [-0.25, -0.2) is 4.98 Å². The summed E-state index contributed by atoms with van der Waals surface area (Å²) in [6.45, 7) is 4.69. The molecule has 1 aromatic heterocycles. The molecule has 0 radical (unpaired) electrons. The number of nitrogens with one attached hydrogen (secondary N) is 2. The lowest BCUT2D eigenvalue weighted by Crippen LogP contribution is -2.36. The summed E-state index contributed by atoms with van der Waals surface area (Å²) < 4.78 is 5.40. The van der Waals surface area contributed by atoms with Gasteiger partial charge >= 0.3 is 0 Å². The summed E-state index contributed by atoms with van der Waals surface area (Å²) in [5.41, 5.74) is 3.45. The number of aromatic nitrogens is 1. The molecule has 32 heavy (non-hydrogen) atoms. The average molecular weight is 469 g/mol. The minimum Gasteiger partial charge on any atom is -0.378 e. The first-order chi connectivity index (χ1) is 15.6. The Morgan fingerprint density at radius 1 is 1.03 bits per heavy atom. The zero-order chi connectivity index (χ0) is 22.3. The van der Waals surface area contributed by atoms with Crippen LogP contribution in [0.5, 0.6) is 0 Å². The molecular formula is C23H24N4O3S2. The van der Waals surface area contributed by atoms with Crippen molar-refractivity contribution in [3.8, 4) is 11.3 Å². The van der Waals surface area contributed by atoms with Gasteiger partial charge in [0.25, 0.3) is 0 Å². The summed E-state index contributed by atoms with van der Waals surface area (Å²) in [7, 11) is 0. The van der Waals surface area contributed by atoms with Crippen LogP contribution >= 0.6 is 23.1 Å². The van der Waals surface area contributed by atoms with Crippen molar-refractivity contribution in [2.24, 2.45) is 0 Å². The fourth-order valence-electron chi connectivity index (χ4n) is 3.20. The van der Waals surface area contributed by atoms with Crippen molar-refractivity contribution in [2.75, 3.05) is 47.6 Å². The molecule has 0 spiro atoms. The standard InChI is InChI=1S/C23H24N4O3S2/c1-16(28)24-18-6-8-20(9-7-18)31-15-22(29)25-19-4-2-17(3-5-19)21-14-32-23(26-21)27-10-12-30-13-11-27/h2-9,14H,10-13,15H2,1H3,(H,24,28)(H,25,29). The lowest BCUT2D eigenvalue weighted by Gasteiger charge is -2.26. The van der Waals surface area contributed by atoms with Gasteiger partial charge in [0.2, 0.25) is 11.8 Å². The third-order valence-electron chi connectivity index (χ3n) is 4.78. The van der Waals surface area contributed by atoms with E-state index in [2.05, 4.69) is 20.9 Å². The van der Waals surface area contributed by atoms with E-state index >= 15 is 0 Å². The van der Waals surface area contributed by atoms with Crippen LogP contribution in [0, 0.1) is 0 Å². The Hall–Kier alpha value is -2.88. The highest BCUT2D eigenvalue weighted by atomic mass is 32.2. The van der Waals surface area contributed by atoms with Crippen LogP contribution < -0.4 is 15.5 Å². The zero-order valence-electron chi connectivity index (χ0n) is 17.7. The van der Waals surface area contributed by atoms with Crippen LogP contribution in [-0.2, 0) is 14.3 Å². The topological polar surface area (TPSA) is 83.6 Å². The predicted molar refractivity (Wildman–Crippen MR) is 131 cm³/mol. The Morgan fingerprint density at radius 2 is 1.69 bits per heavy atom. The maximum absolute atomic E-state index is 12.3. The van der Waals surface area contributed by atoms with E-state index < -0.39 is 0 Å². The van der Waals surface area contributed by atoms with Gasteiger partial charge in [0, 0.05) is 47.2 Å². The number of thioether (sulfide) groups is 1. The fourth-order valence-corrected chi connectivity index (χ4v) is 4.79. The number of anilines is 3. The number of nitrogens with zero attached hydrogens (tertiary/aromatic N) is 2. The zero-order valence-corrected chi connectivity index (χ0v) is 19.3. The first-order valence-corrected chi connectivity index (χ1v) is 12.1. The van der Waals surface area contributed by atoms with Gasteiger partial charge in [-0.2, -0.15) is 0 Å². The number of hydrogen-bond acceptors (Lipinski definition) is 7. The molecular weight excluding hydrogens is 444 g/mol. The van der Waals surface area contributed by atoms with Crippen molar-refractivity contribution in [3.63, 3.8) is 0 Å². The Bertz CT molecular complexity index is 1060. The second kappa shape index (κ2) is 10.6. The number of benzene rings is 2. The molecule has 166 valence electrons. The highest BCUT2D eigenvalue weighted by Crippen LogP contribution is 2.29. The summed E-state index contributed by atoms with van der Waals surface area (Å²) in [5, 5.41) is 8.73. The molecule has 0 saturated carbocycles. The van der Waals surface area contributed by atoms with Crippen LogP contribution in [0.4, 0.5) is 16.5 Å². The van der Waals surface area contributed by atoms with Crippen LogP contribution in [0.15, 0.2) is 58.8 Å². The van der Waals surface area contributed by atoms with E-state index in [1.807, 2.05) is 48.5 Å². The number of carbonyl (C=O) groups is 2. The molecule has 2 aromatic carbocycles. The normalized spacial score (nSPS) is 13.6. The highest BCUT2D eigenvalue weighted by Gasteiger charge is 2.15. The van der Waals surface area contributed by atoms with Crippen LogP contribution in [-0.4, -0.2) is 48.9 Å². The summed E-state index contributed by atoms with van der Waals surface area (Å²) in [5.74, 6) is 0.121. The van der Waals surface area contributed by atoms with Gasteiger partial charge in [-0.15, -0.1) is 23.1 Å². The van der Waals surface area contributed by atoms with Crippen molar-refractivity contribution >= 4 is 51.4 Å². The molecule has 2 amide bonds. The predicted octanol–water partition coefficient (Wildman–Crippen LogP) is 4.34. The number of thiazole rings is 1. The van der Waals surface area contributed by atoms with Gasteiger partial charge in [-0.05, 0) is 36.4 Å². The number of carbonyl (C=O) groups excluding carboxylic acids is 2. The van der Waals surface area contributed by atoms with E-state index in [1.54, 1.807) is 11.3 Å². The lowest BCUT2D eigenvalue weighted by molar-refractivity contribution is -0.114. The Kier molecular flexibility index (Phi) is 7.41. The van der Waals surface area contributed by atoms with E-state index in [0.717, 1.165) is 59.0 Å². The average Bonchev–Trinajstić information content (AvgIpc) is 3.30. The second-order valence-electron chi connectivity index (χ2n) is 7.23. The first-order valence-electron chi connectivity index (χ1n) is 10.3. The second-order valence-corrected chi connectivity index (χ2v) is 9.12.